The van der Waals surface area contributed by atoms with Crippen LogP contribution in [0, 0.1) is 5.82 Å². The third-order valence-corrected chi connectivity index (χ3v) is 4.46. The molecule has 1 aliphatic heterocycles. The molecule has 24 heavy (non-hydrogen) atoms. The minimum absolute atomic E-state index is 0.0366. The summed E-state index contributed by atoms with van der Waals surface area (Å²) in [7, 11) is 0. The number of carbonyl (C=O) groups excluding carboxylic acids is 1. The van der Waals surface area contributed by atoms with Crippen molar-refractivity contribution in [1.82, 2.24) is 4.90 Å². The van der Waals surface area contributed by atoms with Gasteiger partial charge in [0, 0.05) is 18.7 Å². The Morgan fingerprint density at radius 3 is 2.50 bits per heavy atom. The number of benzene rings is 2. The van der Waals surface area contributed by atoms with Gasteiger partial charge in [-0.05, 0) is 30.5 Å². The number of carboxylic acids is 1. The summed E-state index contributed by atoms with van der Waals surface area (Å²) in [5.74, 6) is -2.27. The van der Waals surface area contributed by atoms with Crippen LogP contribution < -0.4 is 0 Å². The SMILES string of the molecule is CC(=O)c1cccc([C@@H](C(=O)O)N2CCc3ccccc3C2)c1F. The van der Waals surface area contributed by atoms with E-state index in [1.807, 2.05) is 24.3 Å². The lowest BCUT2D eigenvalue weighted by Gasteiger charge is -2.33. The van der Waals surface area contributed by atoms with Crippen molar-refractivity contribution in [1.29, 1.82) is 0 Å². The largest absolute Gasteiger partial charge is 0.480 e. The molecule has 0 bridgehead atoms. The molecular weight excluding hydrogens is 309 g/mol. The predicted molar refractivity (Wildman–Crippen MR) is 87.3 cm³/mol. The van der Waals surface area contributed by atoms with E-state index in [2.05, 4.69) is 0 Å². The molecule has 0 aromatic heterocycles. The fourth-order valence-electron chi connectivity index (χ4n) is 3.26. The van der Waals surface area contributed by atoms with Crippen LogP contribution in [-0.4, -0.2) is 28.3 Å². The zero-order valence-corrected chi connectivity index (χ0v) is 13.3. The summed E-state index contributed by atoms with van der Waals surface area (Å²) in [6.07, 6.45) is 0.716. The fourth-order valence-corrected chi connectivity index (χ4v) is 3.26. The second kappa shape index (κ2) is 6.53. The predicted octanol–water partition coefficient (Wildman–Crippen LogP) is 3.21. The molecule has 3 rings (SSSR count). The highest BCUT2D eigenvalue weighted by atomic mass is 19.1. The number of ketones is 1. The van der Waals surface area contributed by atoms with Gasteiger partial charge in [0.15, 0.2) is 5.78 Å². The van der Waals surface area contributed by atoms with Crippen LogP contribution in [-0.2, 0) is 17.8 Å². The normalized spacial score (nSPS) is 15.6. The average Bonchev–Trinajstić information content (AvgIpc) is 2.56. The molecule has 0 saturated heterocycles. The van der Waals surface area contributed by atoms with Gasteiger partial charge in [0.2, 0.25) is 0 Å². The molecule has 2 aromatic carbocycles. The van der Waals surface area contributed by atoms with Gasteiger partial charge in [0.1, 0.15) is 11.9 Å². The lowest BCUT2D eigenvalue weighted by molar-refractivity contribution is -0.144. The highest BCUT2D eigenvalue weighted by Gasteiger charge is 2.33. The van der Waals surface area contributed by atoms with E-state index in [0.29, 0.717) is 19.5 Å². The minimum Gasteiger partial charge on any atom is -0.480 e. The topological polar surface area (TPSA) is 57.6 Å². The first-order valence-electron chi connectivity index (χ1n) is 7.82. The summed E-state index contributed by atoms with van der Waals surface area (Å²) in [5.41, 5.74) is 2.21. The van der Waals surface area contributed by atoms with Crippen LogP contribution in [0.15, 0.2) is 42.5 Å². The van der Waals surface area contributed by atoms with E-state index in [1.165, 1.54) is 30.7 Å². The third-order valence-electron chi connectivity index (χ3n) is 4.46. The lowest BCUT2D eigenvalue weighted by Crippen LogP contribution is -2.38. The summed E-state index contributed by atoms with van der Waals surface area (Å²) in [6, 6.07) is 11.1. The van der Waals surface area contributed by atoms with Gasteiger partial charge in [-0.25, -0.2) is 4.39 Å². The maximum absolute atomic E-state index is 14.7. The Morgan fingerprint density at radius 1 is 1.12 bits per heavy atom. The number of carbonyl (C=O) groups is 2. The molecular formula is C19H18FNO3. The molecule has 0 spiro atoms. The van der Waals surface area contributed by atoms with E-state index in [0.717, 1.165) is 5.56 Å². The second-order valence-corrected chi connectivity index (χ2v) is 5.99. The molecule has 0 saturated carbocycles. The Labute approximate surface area is 139 Å². The molecule has 1 N–H and O–H groups in total. The first kappa shape index (κ1) is 16.3. The third kappa shape index (κ3) is 2.95. The van der Waals surface area contributed by atoms with Crippen molar-refractivity contribution in [2.75, 3.05) is 6.54 Å². The zero-order chi connectivity index (χ0) is 17.3. The van der Waals surface area contributed by atoms with Crippen molar-refractivity contribution in [3.8, 4) is 0 Å². The van der Waals surface area contributed by atoms with E-state index in [4.69, 9.17) is 0 Å². The Bertz CT molecular complexity index is 803. The fraction of sp³-hybridized carbons (Fsp3) is 0.263. The van der Waals surface area contributed by atoms with Crippen LogP contribution in [0.3, 0.4) is 0 Å². The molecule has 0 unspecified atom stereocenters. The molecule has 0 fully saturated rings. The van der Waals surface area contributed by atoms with E-state index in [9.17, 15) is 19.1 Å². The van der Waals surface area contributed by atoms with Crippen molar-refractivity contribution < 1.29 is 19.1 Å². The standard InChI is InChI=1S/C19H18FNO3/c1-12(22)15-7-4-8-16(17(15)20)18(19(23)24)21-10-9-13-5-2-3-6-14(13)11-21/h2-8,18H,9-11H2,1H3,(H,23,24)/t18-/m0/s1. The second-order valence-electron chi connectivity index (χ2n) is 5.99. The number of Topliss-reactive ketones (excluding diaryl/α,β-unsaturated/α-hetero) is 1. The van der Waals surface area contributed by atoms with E-state index < -0.39 is 23.6 Å². The Kier molecular flexibility index (Phi) is 4.44. The molecule has 1 heterocycles. The van der Waals surface area contributed by atoms with Crippen molar-refractivity contribution >= 4 is 11.8 Å². The number of hydrogen-bond acceptors (Lipinski definition) is 3. The molecule has 4 nitrogen and oxygen atoms in total. The Morgan fingerprint density at radius 2 is 1.83 bits per heavy atom. The molecule has 1 aliphatic rings. The molecule has 1 atom stereocenters. The molecule has 2 aromatic rings. The zero-order valence-electron chi connectivity index (χ0n) is 13.3. The Hall–Kier alpha value is -2.53. The highest BCUT2D eigenvalue weighted by molar-refractivity contribution is 5.94. The van der Waals surface area contributed by atoms with Crippen LogP contribution >= 0.6 is 0 Å². The van der Waals surface area contributed by atoms with Crippen LogP contribution in [0.2, 0.25) is 0 Å². The average molecular weight is 327 g/mol. The summed E-state index contributed by atoms with van der Waals surface area (Å²) >= 11 is 0. The molecule has 0 aliphatic carbocycles. The van der Waals surface area contributed by atoms with Gasteiger partial charge in [-0.2, -0.15) is 0 Å². The van der Waals surface area contributed by atoms with Crippen molar-refractivity contribution in [2.24, 2.45) is 0 Å². The smallest absolute Gasteiger partial charge is 0.325 e. The number of rotatable bonds is 4. The van der Waals surface area contributed by atoms with Gasteiger partial charge in [-0.15, -0.1) is 0 Å². The number of aliphatic carboxylic acids is 1. The number of carboxylic acid groups (broad SMARTS) is 1. The first-order chi connectivity index (χ1) is 11.5. The number of nitrogens with zero attached hydrogens (tertiary/aromatic N) is 1. The van der Waals surface area contributed by atoms with Gasteiger partial charge < -0.3 is 5.11 Å². The molecule has 124 valence electrons. The van der Waals surface area contributed by atoms with Gasteiger partial charge in [-0.3, -0.25) is 14.5 Å². The first-order valence-corrected chi connectivity index (χ1v) is 7.82. The summed E-state index contributed by atoms with van der Waals surface area (Å²) in [5, 5.41) is 9.69. The van der Waals surface area contributed by atoms with Crippen LogP contribution in [0.25, 0.3) is 0 Å². The highest BCUT2D eigenvalue weighted by Crippen LogP contribution is 2.30. The van der Waals surface area contributed by atoms with Gasteiger partial charge in [0.25, 0.3) is 0 Å². The van der Waals surface area contributed by atoms with Crippen LogP contribution in [0.4, 0.5) is 4.39 Å². The molecule has 0 amide bonds. The van der Waals surface area contributed by atoms with Gasteiger partial charge in [-0.1, -0.05) is 36.4 Å². The quantitative estimate of drug-likeness (QED) is 0.876. The van der Waals surface area contributed by atoms with Crippen molar-refractivity contribution in [2.45, 2.75) is 25.9 Å². The van der Waals surface area contributed by atoms with Crippen molar-refractivity contribution in [3.05, 3.63) is 70.5 Å². The summed E-state index contributed by atoms with van der Waals surface area (Å²) < 4.78 is 14.7. The van der Waals surface area contributed by atoms with E-state index in [-0.39, 0.29) is 11.1 Å². The van der Waals surface area contributed by atoms with Crippen LogP contribution in [0.5, 0.6) is 0 Å². The van der Waals surface area contributed by atoms with Gasteiger partial charge in [0.05, 0.1) is 5.56 Å². The summed E-state index contributed by atoms with van der Waals surface area (Å²) in [6.45, 7) is 2.24. The van der Waals surface area contributed by atoms with Crippen LogP contribution in [0.1, 0.15) is 40.0 Å². The minimum atomic E-state index is -1.12. The number of halogens is 1. The van der Waals surface area contributed by atoms with Crippen molar-refractivity contribution in [3.63, 3.8) is 0 Å². The van der Waals surface area contributed by atoms with Gasteiger partial charge >= 0.3 is 5.97 Å². The van der Waals surface area contributed by atoms with E-state index in [1.54, 1.807) is 4.90 Å². The molecule has 0 radical (unpaired) electrons. The maximum Gasteiger partial charge on any atom is 0.325 e. The number of fused-ring (bicyclic) bond motifs is 1. The monoisotopic (exact) mass is 327 g/mol. The maximum atomic E-state index is 14.7. The Balaban J connectivity index is 1.99. The summed E-state index contributed by atoms with van der Waals surface area (Å²) in [4.78, 5) is 25.1. The lowest BCUT2D eigenvalue weighted by atomic mass is 9.95. The number of hydrogen-bond donors (Lipinski definition) is 1. The molecule has 5 heteroatoms. The van der Waals surface area contributed by atoms with E-state index >= 15 is 0 Å².